The van der Waals surface area contributed by atoms with E-state index in [1.165, 1.54) is 25.7 Å². The van der Waals surface area contributed by atoms with Gasteiger partial charge in [0.15, 0.2) is 0 Å². The van der Waals surface area contributed by atoms with Crippen molar-refractivity contribution in [2.24, 2.45) is 5.41 Å². The standard InChI is InChI=1S/C15H29NO3/c1-4-6-7-8-9-10-11-13(17)16-12-15(3,5-2)14(18)19/h4-12H2,1-3H3,(H,16,17)(H,18,19). The molecule has 19 heavy (non-hydrogen) atoms. The fourth-order valence-electron chi connectivity index (χ4n) is 1.80. The molecule has 1 unspecified atom stereocenters. The molecule has 0 bridgehead atoms. The van der Waals surface area contributed by atoms with Crippen LogP contribution in [0, 0.1) is 5.41 Å². The number of hydrogen-bond acceptors (Lipinski definition) is 2. The first-order valence-corrected chi connectivity index (χ1v) is 7.46. The summed E-state index contributed by atoms with van der Waals surface area (Å²) in [6.45, 7) is 5.89. The van der Waals surface area contributed by atoms with Crippen LogP contribution in [0.4, 0.5) is 0 Å². The third kappa shape index (κ3) is 7.85. The lowest BCUT2D eigenvalue weighted by atomic mass is 9.87. The number of carboxylic acids is 1. The molecule has 0 aromatic heterocycles. The van der Waals surface area contributed by atoms with Crippen molar-refractivity contribution >= 4 is 11.9 Å². The molecule has 0 aromatic carbocycles. The maximum atomic E-state index is 11.6. The third-order valence-electron chi connectivity index (χ3n) is 3.73. The van der Waals surface area contributed by atoms with Gasteiger partial charge in [0.2, 0.25) is 5.91 Å². The van der Waals surface area contributed by atoms with Gasteiger partial charge in [-0.25, -0.2) is 0 Å². The maximum absolute atomic E-state index is 11.6. The molecular weight excluding hydrogens is 242 g/mol. The van der Waals surface area contributed by atoms with Crippen molar-refractivity contribution in [3.8, 4) is 0 Å². The molecule has 112 valence electrons. The predicted molar refractivity (Wildman–Crippen MR) is 77.0 cm³/mol. The van der Waals surface area contributed by atoms with Gasteiger partial charge in [-0.1, -0.05) is 46.0 Å². The Bertz CT molecular complexity index is 279. The van der Waals surface area contributed by atoms with Gasteiger partial charge in [-0.15, -0.1) is 0 Å². The fourth-order valence-corrected chi connectivity index (χ4v) is 1.80. The predicted octanol–water partition coefficient (Wildman–Crippen LogP) is 3.35. The zero-order valence-corrected chi connectivity index (χ0v) is 12.6. The summed E-state index contributed by atoms with van der Waals surface area (Å²) in [5.41, 5.74) is -0.850. The van der Waals surface area contributed by atoms with Crippen molar-refractivity contribution in [3.05, 3.63) is 0 Å². The topological polar surface area (TPSA) is 66.4 Å². The summed E-state index contributed by atoms with van der Waals surface area (Å²) >= 11 is 0. The van der Waals surface area contributed by atoms with Gasteiger partial charge in [-0.05, 0) is 19.8 Å². The summed E-state index contributed by atoms with van der Waals surface area (Å²) < 4.78 is 0. The summed E-state index contributed by atoms with van der Waals surface area (Å²) in [4.78, 5) is 22.7. The van der Waals surface area contributed by atoms with Crippen LogP contribution in [0.5, 0.6) is 0 Å². The van der Waals surface area contributed by atoms with E-state index in [0.29, 0.717) is 12.8 Å². The molecule has 0 aliphatic carbocycles. The second-order valence-corrected chi connectivity index (χ2v) is 5.51. The van der Waals surface area contributed by atoms with E-state index in [9.17, 15) is 9.59 Å². The van der Waals surface area contributed by atoms with Gasteiger partial charge in [0.1, 0.15) is 0 Å². The highest BCUT2D eigenvalue weighted by Gasteiger charge is 2.31. The van der Waals surface area contributed by atoms with Crippen LogP contribution in [0.1, 0.15) is 72.1 Å². The Balaban J connectivity index is 3.72. The minimum Gasteiger partial charge on any atom is -0.481 e. The first-order valence-electron chi connectivity index (χ1n) is 7.46. The number of rotatable bonds is 11. The van der Waals surface area contributed by atoms with E-state index in [1.807, 2.05) is 6.92 Å². The van der Waals surface area contributed by atoms with Crippen LogP contribution in [0.25, 0.3) is 0 Å². The average Bonchev–Trinajstić information content (AvgIpc) is 2.39. The number of carboxylic acid groups (broad SMARTS) is 1. The van der Waals surface area contributed by atoms with E-state index < -0.39 is 11.4 Å². The minimum absolute atomic E-state index is 0.0311. The Hall–Kier alpha value is -1.06. The lowest BCUT2D eigenvalue weighted by Crippen LogP contribution is -2.40. The maximum Gasteiger partial charge on any atom is 0.311 e. The van der Waals surface area contributed by atoms with Crippen LogP contribution in [0.15, 0.2) is 0 Å². The second kappa shape index (κ2) is 9.82. The van der Waals surface area contributed by atoms with Gasteiger partial charge in [0.25, 0.3) is 0 Å². The molecule has 0 fully saturated rings. The van der Waals surface area contributed by atoms with Gasteiger partial charge < -0.3 is 10.4 Å². The fraction of sp³-hybridized carbons (Fsp3) is 0.867. The highest BCUT2D eigenvalue weighted by molar-refractivity contribution is 5.78. The zero-order chi connectivity index (χ0) is 14.7. The van der Waals surface area contributed by atoms with E-state index in [2.05, 4.69) is 12.2 Å². The van der Waals surface area contributed by atoms with Gasteiger partial charge >= 0.3 is 5.97 Å². The Morgan fingerprint density at radius 1 is 1.05 bits per heavy atom. The van der Waals surface area contributed by atoms with Crippen LogP contribution in [-0.2, 0) is 9.59 Å². The summed E-state index contributed by atoms with van der Waals surface area (Å²) in [6, 6.07) is 0. The van der Waals surface area contributed by atoms with Crippen LogP contribution in [0.2, 0.25) is 0 Å². The van der Waals surface area contributed by atoms with Crippen molar-refractivity contribution in [1.29, 1.82) is 0 Å². The quantitative estimate of drug-likeness (QED) is 0.566. The molecule has 2 N–H and O–H groups in total. The lowest BCUT2D eigenvalue weighted by Gasteiger charge is -2.23. The summed E-state index contributed by atoms with van der Waals surface area (Å²) in [7, 11) is 0. The molecule has 0 rings (SSSR count). The number of hydrogen-bond donors (Lipinski definition) is 2. The molecule has 0 spiro atoms. The second-order valence-electron chi connectivity index (χ2n) is 5.51. The number of nitrogens with one attached hydrogen (secondary N) is 1. The molecule has 0 aliphatic rings. The van der Waals surface area contributed by atoms with Crippen molar-refractivity contribution in [2.45, 2.75) is 72.1 Å². The molecule has 0 saturated carbocycles. The number of unbranched alkanes of at least 4 members (excludes halogenated alkanes) is 5. The van der Waals surface area contributed by atoms with E-state index in [1.54, 1.807) is 6.92 Å². The monoisotopic (exact) mass is 271 g/mol. The van der Waals surface area contributed by atoms with Gasteiger partial charge in [0.05, 0.1) is 5.41 Å². The molecule has 0 aromatic rings. The Morgan fingerprint density at radius 2 is 1.63 bits per heavy atom. The largest absolute Gasteiger partial charge is 0.481 e. The Kier molecular flexibility index (Phi) is 9.27. The molecule has 4 heteroatoms. The van der Waals surface area contributed by atoms with Crippen LogP contribution in [0.3, 0.4) is 0 Å². The van der Waals surface area contributed by atoms with Crippen LogP contribution in [-0.4, -0.2) is 23.5 Å². The van der Waals surface area contributed by atoms with Crippen LogP contribution >= 0.6 is 0 Å². The van der Waals surface area contributed by atoms with E-state index in [4.69, 9.17) is 5.11 Å². The van der Waals surface area contributed by atoms with Crippen molar-refractivity contribution < 1.29 is 14.7 Å². The van der Waals surface area contributed by atoms with Gasteiger partial charge in [-0.2, -0.15) is 0 Å². The first kappa shape index (κ1) is 17.9. The Labute approximate surface area is 117 Å². The van der Waals surface area contributed by atoms with Crippen molar-refractivity contribution in [1.82, 2.24) is 5.32 Å². The minimum atomic E-state index is -0.852. The van der Waals surface area contributed by atoms with Gasteiger partial charge in [0, 0.05) is 13.0 Å². The highest BCUT2D eigenvalue weighted by Crippen LogP contribution is 2.19. The molecule has 4 nitrogen and oxygen atoms in total. The summed E-state index contributed by atoms with van der Waals surface area (Å²) in [6.07, 6.45) is 7.91. The summed E-state index contributed by atoms with van der Waals surface area (Å²) in [5.74, 6) is -0.883. The molecule has 1 atom stereocenters. The van der Waals surface area contributed by atoms with E-state index in [-0.39, 0.29) is 12.5 Å². The van der Waals surface area contributed by atoms with Gasteiger partial charge in [-0.3, -0.25) is 9.59 Å². The normalized spacial score (nSPS) is 13.8. The number of aliphatic carboxylic acids is 1. The SMILES string of the molecule is CCCCCCCCC(=O)NCC(C)(CC)C(=O)O. The summed E-state index contributed by atoms with van der Waals surface area (Å²) in [5, 5.41) is 11.8. The molecule has 1 amide bonds. The van der Waals surface area contributed by atoms with E-state index in [0.717, 1.165) is 12.8 Å². The van der Waals surface area contributed by atoms with Crippen LogP contribution < -0.4 is 5.32 Å². The smallest absolute Gasteiger partial charge is 0.311 e. The lowest BCUT2D eigenvalue weighted by molar-refractivity contribution is -0.148. The Morgan fingerprint density at radius 3 is 2.16 bits per heavy atom. The van der Waals surface area contributed by atoms with E-state index >= 15 is 0 Å². The molecule has 0 aliphatic heterocycles. The van der Waals surface area contributed by atoms with Crippen molar-refractivity contribution in [2.75, 3.05) is 6.54 Å². The third-order valence-corrected chi connectivity index (χ3v) is 3.73. The number of carbonyl (C=O) groups excluding carboxylic acids is 1. The molecule has 0 saturated heterocycles. The molecule has 0 heterocycles. The molecular formula is C15H29NO3. The van der Waals surface area contributed by atoms with Crippen molar-refractivity contribution in [3.63, 3.8) is 0 Å². The number of amides is 1. The average molecular weight is 271 g/mol. The zero-order valence-electron chi connectivity index (χ0n) is 12.6. The first-order chi connectivity index (χ1) is 8.96. The molecule has 0 radical (unpaired) electrons. The number of carbonyl (C=O) groups is 2. The highest BCUT2D eigenvalue weighted by atomic mass is 16.4.